The van der Waals surface area contributed by atoms with E-state index in [4.69, 9.17) is 0 Å². The van der Waals surface area contributed by atoms with Crippen LogP contribution in [0, 0.1) is 19.7 Å². The van der Waals surface area contributed by atoms with E-state index in [-0.39, 0.29) is 5.82 Å². The van der Waals surface area contributed by atoms with Crippen LogP contribution in [0.2, 0.25) is 0 Å². The summed E-state index contributed by atoms with van der Waals surface area (Å²) in [5, 5.41) is 0.979. The molecule has 0 saturated heterocycles. The van der Waals surface area contributed by atoms with Crippen LogP contribution in [-0.4, -0.2) is 4.98 Å². The van der Waals surface area contributed by atoms with Crippen molar-refractivity contribution in [1.82, 2.24) is 4.98 Å². The molecule has 0 radical (unpaired) electrons. The minimum absolute atomic E-state index is 0.168. The van der Waals surface area contributed by atoms with E-state index in [2.05, 4.69) is 4.98 Å². The van der Waals surface area contributed by atoms with Crippen LogP contribution in [0.1, 0.15) is 11.1 Å². The van der Waals surface area contributed by atoms with Gasteiger partial charge >= 0.3 is 0 Å². The number of aromatic amines is 1. The van der Waals surface area contributed by atoms with Gasteiger partial charge in [-0.2, -0.15) is 0 Å². The third kappa shape index (κ3) is 0.916. The number of aryl methyl sites for hydroxylation is 2. The van der Waals surface area contributed by atoms with E-state index in [1.165, 1.54) is 6.07 Å². The predicted molar refractivity (Wildman–Crippen MR) is 47.7 cm³/mol. The van der Waals surface area contributed by atoms with Gasteiger partial charge in [-0.1, -0.05) is 0 Å². The zero-order valence-corrected chi connectivity index (χ0v) is 7.11. The van der Waals surface area contributed by atoms with Crippen molar-refractivity contribution in [3.05, 3.63) is 35.3 Å². The number of hydrogen-bond acceptors (Lipinski definition) is 0. The van der Waals surface area contributed by atoms with Gasteiger partial charge in [0.1, 0.15) is 5.82 Å². The molecule has 0 atom stereocenters. The molecule has 2 heteroatoms. The van der Waals surface area contributed by atoms with E-state index in [1.807, 2.05) is 26.1 Å². The molecule has 12 heavy (non-hydrogen) atoms. The fourth-order valence-electron chi connectivity index (χ4n) is 1.46. The normalized spacial score (nSPS) is 10.9. The van der Waals surface area contributed by atoms with Gasteiger partial charge in [0.2, 0.25) is 0 Å². The van der Waals surface area contributed by atoms with E-state index < -0.39 is 0 Å². The number of halogens is 1. The molecular weight excluding hydrogens is 153 g/mol. The Kier molecular flexibility index (Phi) is 1.43. The number of fused-ring (bicyclic) bond motifs is 1. The molecule has 0 aliphatic heterocycles. The maximum Gasteiger partial charge on any atom is 0.147 e. The summed E-state index contributed by atoms with van der Waals surface area (Å²) in [5.41, 5.74) is 2.66. The fraction of sp³-hybridized carbons (Fsp3) is 0.200. The van der Waals surface area contributed by atoms with Crippen molar-refractivity contribution in [1.29, 1.82) is 0 Å². The first-order valence-electron chi connectivity index (χ1n) is 3.92. The van der Waals surface area contributed by atoms with Gasteiger partial charge in [-0.25, -0.2) is 4.39 Å². The van der Waals surface area contributed by atoms with Crippen LogP contribution < -0.4 is 0 Å². The van der Waals surface area contributed by atoms with E-state index in [1.54, 1.807) is 0 Å². The topological polar surface area (TPSA) is 15.8 Å². The first-order chi connectivity index (χ1) is 5.68. The molecule has 1 nitrogen and oxygen atoms in total. The molecule has 62 valence electrons. The summed E-state index contributed by atoms with van der Waals surface area (Å²) in [5.74, 6) is -0.168. The second-order valence-corrected chi connectivity index (χ2v) is 3.14. The molecule has 0 amide bonds. The Hall–Kier alpha value is -1.31. The number of aromatic nitrogens is 1. The minimum Gasteiger partial charge on any atom is -0.359 e. The predicted octanol–water partition coefficient (Wildman–Crippen LogP) is 2.92. The molecule has 0 aliphatic rings. The van der Waals surface area contributed by atoms with Gasteiger partial charge in [0.05, 0.1) is 5.52 Å². The second-order valence-electron chi connectivity index (χ2n) is 3.14. The number of H-pyrrole nitrogens is 1. The number of hydrogen-bond donors (Lipinski definition) is 1. The molecule has 0 bridgehead atoms. The lowest BCUT2D eigenvalue weighted by molar-refractivity contribution is 0.636. The van der Waals surface area contributed by atoms with Crippen LogP contribution in [0.25, 0.3) is 10.9 Å². The van der Waals surface area contributed by atoms with Crippen LogP contribution in [0.5, 0.6) is 0 Å². The molecule has 0 aliphatic carbocycles. The van der Waals surface area contributed by atoms with Crippen LogP contribution in [0.4, 0.5) is 4.39 Å². The Morgan fingerprint density at radius 2 is 2.00 bits per heavy atom. The third-order valence-corrected chi connectivity index (χ3v) is 2.09. The second kappa shape index (κ2) is 2.34. The Bertz CT molecular complexity index is 429. The molecular formula is C10H10FN. The average Bonchev–Trinajstić information content (AvgIpc) is 2.33. The van der Waals surface area contributed by atoms with Crippen molar-refractivity contribution < 1.29 is 4.39 Å². The Morgan fingerprint density at radius 3 is 2.75 bits per heavy atom. The summed E-state index contributed by atoms with van der Waals surface area (Å²) < 4.78 is 13.2. The van der Waals surface area contributed by atoms with Crippen LogP contribution in [0.15, 0.2) is 18.3 Å². The summed E-state index contributed by atoms with van der Waals surface area (Å²) in [4.78, 5) is 2.91. The minimum atomic E-state index is -0.168. The molecule has 1 heterocycles. The summed E-state index contributed by atoms with van der Waals surface area (Å²) in [6, 6.07) is 3.53. The lowest BCUT2D eigenvalue weighted by Crippen LogP contribution is -1.80. The molecule has 0 fully saturated rings. The van der Waals surface area contributed by atoms with E-state index in [0.717, 1.165) is 16.5 Å². The van der Waals surface area contributed by atoms with Gasteiger partial charge < -0.3 is 4.98 Å². The van der Waals surface area contributed by atoms with Crippen molar-refractivity contribution in [2.24, 2.45) is 0 Å². The zero-order chi connectivity index (χ0) is 8.72. The van der Waals surface area contributed by atoms with E-state index in [9.17, 15) is 4.39 Å². The molecule has 0 saturated carbocycles. The zero-order valence-electron chi connectivity index (χ0n) is 7.11. The Balaban J connectivity index is 2.92. The SMILES string of the molecule is Cc1cc(F)c2[nH]cc(C)c2c1. The highest BCUT2D eigenvalue weighted by Crippen LogP contribution is 2.21. The highest BCUT2D eigenvalue weighted by molar-refractivity contribution is 5.84. The Morgan fingerprint density at radius 1 is 1.25 bits per heavy atom. The van der Waals surface area contributed by atoms with Crippen LogP contribution >= 0.6 is 0 Å². The summed E-state index contributed by atoms with van der Waals surface area (Å²) in [6.07, 6.45) is 1.83. The monoisotopic (exact) mass is 163 g/mol. The van der Waals surface area contributed by atoms with Crippen LogP contribution in [0.3, 0.4) is 0 Å². The number of nitrogens with one attached hydrogen (secondary N) is 1. The van der Waals surface area contributed by atoms with Crippen LogP contribution in [-0.2, 0) is 0 Å². The molecule has 2 rings (SSSR count). The molecule has 0 unspecified atom stereocenters. The fourth-order valence-corrected chi connectivity index (χ4v) is 1.46. The molecule has 1 aromatic heterocycles. The average molecular weight is 163 g/mol. The lowest BCUT2D eigenvalue weighted by atomic mass is 10.1. The van der Waals surface area contributed by atoms with Gasteiger partial charge in [-0.15, -0.1) is 0 Å². The van der Waals surface area contributed by atoms with Gasteiger partial charge in [0, 0.05) is 11.6 Å². The smallest absolute Gasteiger partial charge is 0.147 e. The third-order valence-electron chi connectivity index (χ3n) is 2.09. The summed E-state index contributed by atoms with van der Waals surface area (Å²) in [7, 11) is 0. The number of rotatable bonds is 0. The first kappa shape index (κ1) is 7.35. The molecule has 0 spiro atoms. The van der Waals surface area contributed by atoms with Crippen molar-refractivity contribution in [2.45, 2.75) is 13.8 Å². The van der Waals surface area contributed by atoms with E-state index in [0.29, 0.717) is 5.52 Å². The lowest BCUT2D eigenvalue weighted by Gasteiger charge is -1.96. The maximum atomic E-state index is 13.2. The van der Waals surface area contributed by atoms with Gasteiger partial charge in [-0.05, 0) is 37.1 Å². The summed E-state index contributed by atoms with van der Waals surface area (Å²) >= 11 is 0. The molecule has 2 aromatic rings. The van der Waals surface area contributed by atoms with Gasteiger partial charge in [0.15, 0.2) is 0 Å². The molecule has 1 N–H and O–H groups in total. The standard InChI is InChI=1S/C10H10FN/c1-6-3-8-7(2)5-12-10(8)9(11)4-6/h3-5,12H,1-2H3. The highest BCUT2D eigenvalue weighted by Gasteiger charge is 2.04. The van der Waals surface area contributed by atoms with Gasteiger partial charge in [-0.3, -0.25) is 0 Å². The van der Waals surface area contributed by atoms with Crippen molar-refractivity contribution in [2.75, 3.05) is 0 Å². The first-order valence-corrected chi connectivity index (χ1v) is 3.92. The van der Waals surface area contributed by atoms with E-state index >= 15 is 0 Å². The van der Waals surface area contributed by atoms with Gasteiger partial charge in [0.25, 0.3) is 0 Å². The number of benzene rings is 1. The molecule has 1 aromatic carbocycles. The van der Waals surface area contributed by atoms with Crippen molar-refractivity contribution in [3.63, 3.8) is 0 Å². The Labute approximate surface area is 70.2 Å². The van der Waals surface area contributed by atoms with Crippen molar-refractivity contribution >= 4 is 10.9 Å². The highest BCUT2D eigenvalue weighted by atomic mass is 19.1. The van der Waals surface area contributed by atoms with Crippen molar-refractivity contribution in [3.8, 4) is 0 Å². The largest absolute Gasteiger partial charge is 0.359 e. The quantitative estimate of drug-likeness (QED) is 0.614. The maximum absolute atomic E-state index is 13.2. The summed E-state index contributed by atoms with van der Waals surface area (Å²) in [6.45, 7) is 3.87.